The fourth-order valence-corrected chi connectivity index (χ4v) is 4.46. The number of halogens is 2. The molecule has 0 spiro atoms. The maximum atomic E-state index is 15.1. The Morgan fingerprint density at radius 1 is 1.29 bits per heavy atom. The fourth-order valence-electron chi connectivity index (χ4n) is 3.58. The van der Waals surface area contributed by atoms with Gasteiger partial charge in [-0.3, -0.25) is 4.90 Å². The minimum absolute atomic E-state index is 0.130. The Hall–Kier alpha value is -1.67. The number of nitrogens with zero attached hydrogens (tertiary/aromatic N) is 3. The zero-order valence-electron chi connectivity index (χ0n) is 16.9. The Labute approximate surface area is 172 Å². The number of rotatable bonds is 2. The second-order valence-electron chi connectivity index (χ2n) is 8.81. The third kappa shape index (κ3) is 4.17. The van der Waals surface area contributed by atoms with Gasteiger partial charge in [-0.2, -0.15) is 0 Å². The van der Waals surface area contributed by atoms with E-state index < -0.39 is 17.0 Å². The van der Waals surface area contributed by atoms with Gasteiger partial charge in [0.15, 0.2) is 11.5 Å². The van der Waals surface area contributed by atoms with Crippen molar-refractivity contribution in [2.24, 2.45) is 0 Å². The minimum atomic E-state index is -1.36. The quantitative estimate of drug-likeness (QED) is 0.697. The normalized spacial score (nSPS) is 18.6. The average Bonchev–Trinajstić information content (AvgIpc) is 2.96. The van der Waals surface area contributed by atoms with Crippen molar-refractivity contribution in [2.75, 3.05) is 6.54 Å². The van der Waals surface area contributed by atoms with E-state index in [4.69, 9.17) is 4.74 Å². The van der Waals surface area contributed by atoms with E-state index >= 15 is 4.39 Å². The molecule has 8 heteroatoms. The first-order valence-electron chi connectivity index (χ1n) is 9.47. The van der Waals surface area contributed by atoms with E-state index in [9.17, 15) is 9.90 Å². The van der Waals surface area contributed by atoms with Crippen LogP contribution in [-0.4, -0.2) is 37.6 Å². The highest BCUT2D eigenvalue weighted by Gasteiger charge is 2.34. The van der Waals surface area contributed by atoms with Gasteiger partial charge in [0.25, 0.3) is 0 Å². The molecule has 1 aliphatic heterocycles. The van der Waals surface area contributed by atoms with Gasteiger partial charge in [-0.05, 0) is 69.8 Å². The number of fused-ring (bicyclic) bond motifs is 1. The van der Waals surface area contributed by atoms with Gasteiger partial charge in [-0.1, -0.05) is 0 Å². The van der Waals surface area contributed by atoms with Crippen molar-refractivity contribution >= 4 is 27.7 Å². The molecule has 0 bridgehead atoms. The maximum absolute atomic E-state index is 15.1. The lowest BCUT2D eigenvalue weighted by molar-refractivity contribution is 0.00905. The van der Waals surface area contributed by atoms with Gasteiger partial charge in [-0.15, -0.1) is 0 Å². The Morgan fingerprint density at radius 2 is 1.96 bits per heavy atom. The third-order valence-corrected chi connectivity index (χ3v) is 5.34. The predicted molar refractivity (Wildman–Crippen MR) is 108 cm³/mol. The van der Waals surface area contributed by atoms with Crippen LogP contribution in [0.3, 0.4) is 0 Å². The summed E-state index contributed by atoms with van der Waals surface area (Å²) in [4.78, 5) is 18.8. The number of imidazole rings is 1. The van der Waals surface area contributed by atoms with Crippen LogP contribution in [-0.2, 0) is 10.3 Å². The zero-order chi connectivity index (χ0) is 20.9. The van der Waals surface area contributed by atoms with Crippen LogP contribution < -0.4 is 0 Å². The van der Waals surface area contributed by atoms with Crippen molar-refractivity contribution in [3.05, 3.63) is 33.9 Å². The molecule has 1 unspecified atom stereocenters. The third-order valence-electron chi connectivity index (χ3n) is 4.74. The molecule has 6 nitrogen and oxygen atoms in total. The van der Waals surface area contributed by atoms with Crippen molar-refractivity contribution in [1.82, 2.24) is 14.3 Å². The van der Waals surface area contributed by atoms with Crippen LogP contribution in [0.15, 0.2) is 16.9 Å². The highest BCUT2D eigenvalue weighted by atomic mass is 79.9. The van der Waals surface area contributed by atoms with Gasteiger partial charge in [0.05, 0.1) is 17.3 Å². The van der Waals surface area contributed by atoms with Gasteiger partial charge in [-0.25, -0.2) is 14.2 Å². The smallest absolute Gasteiger partial charge is 0.410 e. The number of pyridine rings is 1. The van der Waals surface area contributed by atoms with E-state index in [1.807, 2.05) is 20.8 Å². The molecule has 3 heterocycles. The van der Waals surface area contributed by atoms with Gasteiger partial charge in [0, 0.05) is 29.0 Å². The summed E-state index contributed by atoms with van der Waals surface area (Å²) in [6, 6.07) is -0.271. The van der Waals surface area contributed by atoms with Gasteiger partial charge in [0.2, 0.25) is 0 Å². The van der Waals surface area contributed by atoms with E-state index in [1.165, 1.54) is 13.8 Å². The molecule has 28 heavy (non-hydrogen) atoms. The van der Waals surface area contributed by atoms with E-state index in [0.717, 1.165) is 19.3 Å². The number of likely N-dealkylation sites (tertiary alicyclic amines) is 1. The molecule has 154 valence electrons. The summed E-state index contributed by atoms with van der Waals surface area (Å²) in [7, 11) is 0. The summed E-state index contributed by atoms with van der Waals surface area (Å²) in [6.45, 7) is 9.14. The summed E-state index contributed by atoms with van der Waals surface area (Å²) >= 11 is 3.34. The molecule has 1 amide bonds. The summed E-state index contributed by atoms with van der Waals surface area (Å²) in [5.41, 5.74) is -1.04. The molecule has 1 saturated heterocycles. The highest BCUT2D eigenvalue weighted by molar-refractivity contribution is 9.10. The molecule has 1 aliphatic rings. The number of aromatic nitrogens is 2. The molecule has 0 saturated carbocycles. The van der Waals surface area contributed by atoms with Crippen LogP contribution in [0.2, 0.25) is 0 Å². The Balaban J connectivity index is 2.02. The number of piperidine rings is 1. The number of carbonyl (C=O) groups excluding carboxylic acids is 1. The second kappa shape index (κ2) is 7.30. The number of aliphatic hydroxyl groups is 1. The summed E-state index contributed by atoms with van der Waals surface area (Å²) in [6.07, 6.45) is 5.64. The highest BCUT2D eigenvalue weighted by Crippen LogP contribution is 2.35. The number of amides is 1. The van der Waals surface area contributed by atoms with Crippen LogP contribution in [0.4, 0.5) is 9.18 Å². The standard InChI is InChI=1S/C20H27BrFN3O3/c1-19(2,3)28-18(26)25-9-7-6-8-14(25)13-11-24-10-12(21)15(20(4,5)27)16(22)17(24)23-13/h10-11,14,27H,6-9H2,1-5H3. The molecular formula is C20H27BrFN3O3. The zero-order valence-corrected chi connectivity index (χ0v) is 18.5. The predicted octanol–water partition coefficient (Wildman–Crippen LogP) is 4.93. The first-order valence-corrected chi connectivity index (χ1v) is 10.3. The lowest BCUT2D eigenvalue weighted by Crippen LogP contribution is -2.42. The molecule has 1 atom stereocenters. The number of carbonyl (C=O) groups is 1. The SMILES string of the molecule is CC(C)(C)OC(=O)N1CCCCC1c1cn2cc(Br)c(C(C)(C)O)c(F)c2n1. The van der Waals surface area contributed by atoms with E-state index in [0.29, 0.717) is 16.7 Å². The molecule has 1 N–H and O–H groups in total. The molecule has 0 aromatic carbocycles. The number of ether oxygens (including phenoxy) is 1. The van der Waals surface area contributed by atoms with Crippen molar-refractivity contribution < 1.29 is 19.0 Å². The van der Waals surface area contributed by atoms with Gasteiger partial charge >= 0.3 is 6.09 Å². The van der Waals surface area contributed by atoms with E-state index in [-0.39, 0.29) is 23.3 Å². The lowest BCUT2D eigenvalue weighted by Gasteiger charge is -2.35. The van der Waals surface area contributed by atoms with Crippen LogP contribution in [0, 0.1) is 5.82 Å². The van der Waals surface area contributed by atoms with Crippen molar-refractivity contribution in [3.8, 4) is 0 Å². The monoisotopic (exact) mass is 455 g/mol. The summed E-state index contributed by atoms with van der Waals surface area (Å²) < 4.78 is 22.7. The van der Waals surface area contributed by atoms with Gasteiger partial charge in [0.1, 0.15) is 5.60 Å². The lowest BCUT2D eigenvalue weighted by atomic mass is 9.99. The largest absolute Gasteiger partial charge is 0.444 e. The Bertz CT molecular complexity index is 899. The maximum Gasteiger partial charge on any atom is 0.410 e. The average molecular weight is 456 g/mol. The van der Waals surface area contributed by atoms with Crippen molar-refractivity contribution in [2.45, 2.75) is 71.1 Å². The molecule has 3 rings (SSSR count). The van der Waals surface area contributed by atoms with Crippen LogP contribution in [0.1, 0.15) is 71.2 Å². The molecule has 2 aromatic heterocycles. The Kier molecular flexibility index (Phi) is 5.49. The molecule has 1 fully saturated rings. The fraction of sp³-hybridized carbons (Fsp3) is 0.600. The van der Waals surface area contributed by atoms with Gasteiger partial charge < -0.3 is 14.2 Å². The molecule has 2 aromatic rings. The first kappa shape index (κ1) is 21.0. The Morgan fingerprint density at radius 3 is 2.57 bits per heavy atom. The van der Waals surface area contributed by atoms with Crippen molar-refractivity contribution in [3.63, 3.8) is 0 Å². The second-order valence-corrected chi connectivity index (χ2v) is 9.66. The van der Waals surface area contributed by atoms with Crippen LogP contribution >= 0.6 is 15.9 Å². The molecule has 0 aliphatic carbocycles. The van der Waals surface area contributed by atoms with Crippen LogP contribution in [0.5, 0.6) is 0 Å². The van der Waals surface area contributed by atoms with Crippen molar-refractivity contribution in [1.29, 1.82) is 0 Å². The molecular weight excluding hydrogens is 429 g/mol. The van der Waals surface area contributed by atoms with Crippen LogP contribution in [0.25, 0.3) is 5.65 Å². The summed E-state index contributed by atoms with van der Waals surface area (Å²) in [5, 5.41) is 10.3. The number of hydrogen-bond donors (Lipinski definition) is 1. The van der Waals surface area contributed by atoms with E-state index in [2.05, 4.69) is 20.9 Å². The molecule has 0 radical (unpaired) electrons. The number of hydrogen-bond acceptors (Lipinski definition) is 4. The topological polar surface area (TPSA) is 67.1 Å². The first-order chi connectivity index (χ1) is 12.9. The summed E-state index contributed by atoms with van der Waals surface area (Å²) in [5.74, 6) is -0.576. The van der Waals surface area contributed by atoms with E-state index in [1.54, 1.807) is 21.7 Å². The minimum Gasteiger partial charge on any atom is -0.444 e.